The van der Waals surface area contributed by atoms with Crippen LogP contribution in [0.1, 0.15) is 31.2 Å². The van der Waals surface area contributed by atoms with Crippen LogP contribution in [-0.2, 0) is 5.92 Å². The molecule has 2 nitrogen and oxygen atoms in total. The molecule has 3 rings (SSSR count). The quantitative estimate of drug-likeness (QED) is 0.866. The lowest BCUT2D eigenvalue weighted by atomic mass is 9.98. The number of rotatable bonds is 6. The maximum Gasteiger partial charge on any atom is 0.285 e. The van der Waals surface area contributed by atoms with Gasteiger partial charge < -0.3 is 5.32 Å². The fourth-order valence-corrected chi connectivity index (χ4v) is 3.22. The summed E-state index contributed by atoms with van der Waals surface area (Å²) in [6.07, 6.45) is 4.47. The second-order valence-electron chi connectivity index (χ2n) is 6.44. The first-order valence-corrected chi connectivity index (χ1v) is 8.03. The van der Waals surface area contributed by atoms with Crippen LogP contribution in [0.4, 0.5) is 8.78 Å². The number of halogens is 2. The Hall–Kier alpha value is -1.00. The first-order chi connectivity index (χ1) is 10.1. The second kappa shape index (κ2) is 6.41. The molecule has 0 aromatic heterocycles. The summed E-state index contributed by atoms with van der Waals surface area (Å²) in [4.78, 5) is 2.03. The van der Waals surface area contributed by atoms with Crippen LogP contribution >= 0.6 is 0 Å². The standard InChI is InChI=1S/C17H24F2N2/c18-17(19,15-6-2-1-3-7-15)13-21(16-8-9-16)12-14-5-4-10-20-11-14/h1-3,6-7,14,16,20H,4-5,8-13H2. The van der Waals surface area contributed by atoms with Gasteiger partial charge in [0.25, 0.3) is 5.92 Å². The Balaban J connectivity index is 1.64. The predicted octanol–water partition coefficient (Wildman–Crippen LogP) is 3.24. The minimum Gasteiger partial charge on any atom is -0.316 e. The van der Waals surface area contributed by atoms with E-state index < -0.39 is 5.92 Å². The molecule has 1 saturated carbocycles. The summed E-state index contributed by atoms with van der Waals surface area (Å²) >= 11 is 0. The molecule has 4 heteroatoms. The molecule has 0 amide bonds. The van der Waals surface area contributed by atoms with Gasteiger partial charge in [0.15, 0.2) is 0 Å². The summed E-state index contributed by atoms with van der Waals surface area (Å²) < 4.78 is 29.0. The van der Waals surface area contributed by atoms with Crippen molar-refractivity contribution in [2.75, 3.05) is 26.2 Å². The van der Waals surface area contributed by atoms with E-state index in [4.69, 9.17) is 0 Å². The van der Waals surface area contributed by atoms with Crippen molar-refractivity contribution in [1.82, 2.24) is 10.2 Å². The minimum atomic E-state index is -2.76. The maximum absolute atomic E-state index is 14.5. The lowest BCUT2D eigenvalue weighted by molar-refractivity contribution is -0.0438. The topological polar surface area (TPSA) is 15.3 Å². The lowest BCUT2D eigenvalue weighted by Gasteiger charge is -2.32. The molecule has 1 unspecified atom stereocenters. The average molecular weight is 294 g/mol. The van der Waals surface area contributed by atoms with Gasteiger partial charge >= 0.3 is 0 Å². The molecule has 0 bridgehead atoms. The van der Waals surface area contributed by atoms with E-state index >= 15 is 0 Å². The first-order valence-electron chi connectivity index (χ1n) is 8.03. The SMILES string of the molecule is FC(F)(CN(CC1CCCNC1)C1CC1)c1ccccc1. The molecule has 1 aromatic rings. The van der Waals surface area contributed by atoms with Crippen LogP contribution in [0.2, 0.25) is 0 Å². The van der Waals surface area contributed by atoms with Crippen LogP contribution in [0.3, 0.4) is 0 Å². The first kappa shape index (κ1) is 14.9. The van der Waals surface area contributed by atoms with Crippen molar-refractivity contribution >= 4 is 0 Å². The predicted molar refractivity (Wildman–Crippen MR) is 80.5 cm³/mol. The third-order valence-corrected chi connectivity index (χ3v) is 4.55. The van der Waals surface area contributed by atoms with E-state index in [0.717, 1.165) is 45.3 Å². The molecule has 1 N–H and O–H groups in total. The molecule has 0 spiro atoms. The highest BCUT2D eigenvalue weighted by molar-refractivity contribution is 5.20. The Morgan fingerprint density at radius 2 is 1.90 bits per heavy atom. The Bertz CT molecular complexity index is 439. The summed E-state index contributed by atoms with van der Waals surface area (Å²) in [5.41, 5.74) is 0.136. The molecule has 116 valence electrons. The molecule has 2 fully saturated rings. The third kappa shape index (κ3) is 4.01. The fourth-order valence-electron chi connectivity index (χ4n) is 3.22. The summed E-state index contributed by atoms with van der Waals surface area (Å²) in [5, 5.41) is 3.38. The maximum atomic E-state index is 14.5. The number of nitrogens with one attached hydrogen (secondary N) is 1. The van der Waals surface area contributed by atoms with E-state index in [1.54, 1.807) is 18.2 Å². The molecule has 1 heterocycles. The fraction of sp³-hybridized carbons (Fsp3) is 0.647. The van der Waals surface area contributed by atoms with Crippen molar-refractivity contribution in [2.24, 2.45) is 5.92 Å². The van der Waals surface area contributed by atoms with Crippen molar-refractivity contribution in [3.8, 4) is 0 Å². The Kier molecular flexibility index (Phi) is 4.55. The van der Waals surface area contributed by atoms with E-state index in [1.807, 2.05) is 4.90 Å². The van der Waals surface area contributed by atoms with Gasteiger partial charge in [-0.3, -0.25) is 4.90 Å². The molecule has 1 saturated heterocycles. The van der Waals surface area contributed by atoms with Crippen LogP contribution in [-0.4, -0.2) is 37.1 Å². The van der Waals surface area contributed by atoms with Crippen LogP contribution in [0.15, 0.2) is 30.3 Å². The molecular formula is C17H24F2N2. The molecule has 1 atom stereocenters. The zero-order valence-corrected chi connectivity index (χ0v) is 12.4. The van der Waals surface area contributed by atoms with Crippen LogP contribution < -0.4 is 5.32 Å². The third-order valence-electron chi connectivity index (χ3n) is 4.55. The normalized spacial score (nSPS) is 23.5. The van der Waals surface area contributed by atoms with Gasteiger partial charge in [0, 0.05) is 18.2 Å². The summed E-state index contributed by atoms with van der Waals surface area (Å²) in [7, 11) is 0. The van der Waals surface area contributed by atoms with Crippen molar-refractivity contribution in [2.45, 2.75) is 37.6 Å². The smallest absolute Gasteiger partial charge is 0.285 e. The second-order valence-corrected chi connectivity index (χ2v) is 6.44. The molecule has 1 aromatic carbocycles. The number of nitrogens with zero attached hydrogens (tertiary/aromatic N) is 1. The zero-order chi connectivity index (χ0) is 14.7. The molecule has 2 aliphatic rings. The molecular weight excluding hydrogens is 270 g/mol. The van der Waals surface area contributed by atoms with Crippen LogP contribution in [0, 0.1) is 5.92 Å². The van der Waals surface area contributed by atoms with Gasteiger partial charge in [-0.1, -0.05) is 30.3 Å². The van der Waals surface area contributed by atoms with Crippen molar-refractivity contribution < 1.29 is 8.78 Å². The largest absolute Gasteiger partial charge is 0.316 e. The highest BCUT2D eigenvalue weighted by Crippen LogP contribution is 2.35. The van der Waals surface area contributed by atoms with Crippen LogP contribution in [0.5, 0.6) is 0 Å². The van der Waals surface area contributed by atoms with Crippen LogP contribution in [0.25, 0.3) is 0 Å². The van der Waals surface area contributed by atoms with Gasteiger partial charge in [0.05, 0.1) is 6.54 Å². The molecule has 1 aliphatic heterocycles. The van der Waals surface area contributed by atoms with Gasteiger partial charge in [0.2, 0.25) is 0 Å². The van der Waals surface area contributed by atoms with Gasteiger partial charge in [-0.05, 0) is 44.7 Å². The monoisotopic (exact) mass is 294 g/mol. The number of hydrogen-bond donors (Lipinski definition) is 1. The van der Waals surface area contributed by atoms with E-state index in [9.17, 15) is 8.78 Å². The zero-order valence-electron chi connectivity index (χ0n) is 12.4. The van der Waals surface area contributed by atoms with Gasteiger partial charge in [-0.25, -0.2) is 0 Å². The number of hydrogen-bond acceptors (Lipinski definition) is 2. The number of piperidine rings is 1. The van der Waals surface area contributed by atoms with E-state index in [1.165, 1.54) is 12.1 Å². The Morgan fingerprint density at radius 1 is 1.14 bits per heavy atom. The number of benzene rings is 1. The summed E-state index contributed by atoms with van der Waals surface area (Å²) in [5.74, 6) is -2.24. The lowest BCUT2D eigenvalue weighted by Crippen LogP contribution is -2.43. The Labute approximate surface area is 125 Å². The molecule has 1 aliphatic carbocycles. The van der Waals surface area contributed by atoms with Crippen molar-refractivity contribution in [3.05, 3.63) is 35.9 Å². The number of alkyl halides is 2. The summed E-state index contributed by atoms with van der Waals surface area (Å²) in [6, 6.07) is 8.61. The van der Waals surface area contributed by atoms with E-state index in [-0.39, 0.29) is 12.1 Å². The van der Waals surface area contributed by atoms with Crippen molar-refractivity contribution in [3.63, 3.8) is 0 Å². The summed E-state index contributed by atoms with van der Waals surface area (Å²) in [6.45, 7) is 2.71. The highest BCUT2D eigenvalue weighted by atomic mass is 19.3. The highest BCUT2D eigenvalue weighted by Gasteiger charge is 2.40. The van der Waals surface area contributed by atoms with Gasteiger partial charge in [-0.2, -0.15) is 8.78 Å². The van der Waals surface area contributed by atoms with Gasteiger partial charge in [0.1, 0.15) is 0 Å². The molecule has 0 radical (unpaired) electrons. The minimum absolute atomic E-state index is 0.136. The van der Waals surface area contributed by atoms with Gasteiger partial charge in [-0.15, -0.1) is 0 Å². The van der Waals surface area contributed by atoms with E-state index in [2.05, 4.69) is 5.32 Å². The Morgan fingerprint density at radius 3 is 2.52 bits per heavy atom. The average Bonchev–Trinajstić information content (AvgIpc) is 3.33. The van der Waals surface area contributed by atoms with Crippen molar-refractivity contribution in [1.29, 1.82) is 0 Å². The molecule has 21 heavy (non-hydrogen) atoms. The van der Waals surface area contributed by atoms with E-state index in [0.29, 0.717) is 12.0 Å².